The van der Waals surface area contributed by atoms with Crippen LogP contribution in [0.4, 0.5) is 0 Å². The summed E-state index contributed by atoms with van der Waals surface area (Å²) >= 11 is 1.69. The number of benzene rings is 1. The molecule has 0 unspecified atom stereocenters. The third kappa shape index (κ3) is 4.49. The van der Waals surface area contributed by atoms with Crippen LogP contribution in [0.1, 0.15) is 30.9 Å². The molecule has 122 valence electrons. The highest BCUT2D eigenvalue weighted by atomic mass is 32.2. The zero-order valence-electron chi connectivity index (χ0n) is 13.4. The van der Waals surface area contributed by atoms with Crippen molar-refractivity contribution < 1.29 is 9.59 Å². The van der Waals surface area contributed by atoms with Crippen LogP contribution in [0.2, 0.25) is 0 Å². The number of rotatable bonds is 6. The van der Waals surface area contributed by atoms with E-state index in [-0.39, 0.29) is 11.8 Å². The van der Waals surface area contributed by atoms with Gasteiger partial charge in [0.25, 0.3) is 0 Å². The predicted molar refractivity (Wildman–Crippen MR) is 90.7 cm³/mol. The molecule has 0 aliphatic carbocycles. The van der Waals surface area contributed by atoms with Crippen molar-refractivity contribution >= 4 is 23.6 Å². The fourth-order valence-electron chi connectivity index (χ4n) is 2.59. The smallest absolute Gasteiger partial charge is 0.242 e. The Morgan fingerprint density at radius 1 is 1.57 bits per heavy atom. The van der Waals surface area contributed by atoms with Crippen molar-refractivity contribution in [3.05, 3.63) is 35.4 Å². The van der Waals surface area contributed by atoms with Crippen molar-refractivity contribution in [3.8, 4) is 6.07 Å². The van der Waals surface area contributed by atoms with Gasteiger partial charge in [-0.25, -0.2) is 0 Å². The molecule has 1 aliphatic rings. The van der Waals surface area contributed by atoms with Crippen LogP contribution in [0.5, 0.6) is 0 Å². The lowest BCUT2D eigenvalue weighted by atomic mass is 10.1. The first kappa shape index (κ1) is 17.4. The summed E-state index contributed by atoms with van der Waals surface area (Å²) in [5, 5.41) is 12.2. The topological polar surface area (TPSA) is 73.2 Å². The van der Waals surface area contributed by atoms with Gasteiger partial charge in [0.15, 0.2) is 0 Å². The lowest BCUT2D eigenvalue weighted by molar-refractivity contribution is -0.135. The average molecular weight is 331 g/mol. The van der Waals surface area contributed by atoms with Gasteiger partial charge in [0, 0.05) is 24.8 Å². The second kappa shape index (κ2) is 8.02. The highest BCUT2D eigenvalue weighted by Gasteiger charge is 2.35. The number of hydrogen-bond acceptors (Lipinski definition) is 4. The van der Waals surface area contributed by atoms with Crippen LogP contribution < -0.4 is 5.32 Å². The highest BCUT2D eigenvalue weighted by molar-refractivity contribution is 7.99. The van der Waals surface area contributed by atoms with E-state index in [2.05, 4.69) is 18.3 Å². The van der Waals surface area contributed by atoms with Gasteiger partial charge < -0.3 is 10.2 Å². The van der Waals surface area contributed by atoms with Crippen molar-refractivity contribution in [2.75, 3.05) is 12.8 Å². The first-order chi connectivity index (χ1) is 11.0. The molecule has 1 aromatic carbocycles. The zero-order chi connectivity index (χ0) is 16.8. The summed E-state index contributed by atoms with van der Waals surface area (Å²) in [7, 11) is 0. The molecule has 1 N–H and O–H groups in total. The second-order valence-corrected chi connectivity index (χ2v) is 6.96. The lowest BCUT2D eigenvalue weighted by Crippen LogP contribution is -2.45. The van der Waals surface area contributed by atoms with E-state index in [1.165, 1.54) is 0 Å². The maximum atomic E-state index is 12.4. The Balaban J connectivity index is 2.04. The van der Waals surface area contributed by atoms with Crippen molar-refractivity contribution in [2.45, 2.75) is 37.6 Å². The SMILES string of the molecule is CS[C@H](C)CNC(=O)[C@@H]1CCC(=O)N1Cc1cccc(C#N)c1. The summed E-state index contributed by atoms with van der Waals surface area (Å²) < 4.78 is 0. The molecule has 0 saturated carbocycles. The first-order valence-electron chi connectivity index (χ1n) is 7.64. The van der Waals surface area contributed by atoms with Crippen molar-refractivity contribution in [1.82, 2.24) is 10.2 Å². The minimum atomic E-state index is -0.415. The summed E-state index contributed by atoms with van der Waals surface area (Å²) in [5.74, 6) is -0.0985. The minimum absolute atomic E-state index is 0.00887. The molecule has 5 nitrogen and oxygen atoms in total. The normalized spacial score (nSPS) is 18.6. The van der Waals surface area contributed by atoms with E-state index < -0.39 is 6.04 Å². The molecule has 2 atom stereocenters. The Hall–Kier alpha value is -2.00. The summed E-state index contributed by atoms with van der Waals surface area (Å²) in [6.07, 6.45) is 2.95. The Morgan fingerprint density at radius 2 is 2.35 bits per heavy atom. The molecule has 0 radical (unpaired) electrons. The number of nitrogens with zero attached hydrogens (tertiary/aromatic N) is 2. The molecule has 1 saturated heterocycles. The molecule has 0 aromatic heterocycles. The molecule has 0 bridgehead atoms. The summed E-state index contributed by atoms with van der Waals surface area (Å²) in [5.41, 5.74) is 1.43. The number of carbonyl (C=O) groups excluding carboxylic acids is 2. The van der Waals surface area contributed by atoms with Crippen LogP contribution in [0.3, 0.4) is 0 Å². The third-order valence-corrected chi connectivity index (χ3v) is 4.98. The van der Waals surface area contributed by atoms with Crippen LogP contribution in [0.15, 0.2) is 24.3 Å². The molecule has 1 heterocycles. The van der Waals surface area contributed by atoms with Gasteiger partial charge >= 0.3 is 0 Å². The Labute approximate surface area is 141 Å². The van der Waals surface area contributed by atoms with Crippen LogP contribution in [0, 0.1) is 11.3 Å². The molecule has 0 spiro atoms. The number of thioether (sulfide) groups is 1. The maximum absolute atomic E-state index is 12.4. The summed E-state index contributed by atoms with van der Waals surface area (Å²) in [6.45, 7) is 3.02. The Bertz CT molecular complexity index is 627. The first-order valence-corrected chi connectivity index (χ1v) is 8.93. The van der Waals surface area contributed by atoms with E-state index in [1.807, 2.05) is 12.3 Å². The van der Waals surface area contributed by atoms with Gasteiger partial charge in [-0.15, -0.1) is 0 Å². The average Bonchev–Trinajstić information content (AvgIpc) is 2.93. The molecule has 6 heteroatoms. The van der Waals surface area contributed by atoms with Crippen LogP contribution in [-0.4, -0.2) is 40.8 Å². The number of hydrogen-bond donors (Lipinski definition) is 1. The van der Waals surface area contributed by atoms with Gasteiger partial charge in [-0.2, -0.15) is 17.0 Å². The van der Waals surface area contributed by atoms with E-state index in [4.69, 9.17) is 5.26 Å². The molecule has 2 amide bonds. The van der Waals surface area contributed by atoms with Gasteiger partial charge in [-0.1, -0.05) is 19.1 Å². The molecule has 1 aliphatic heterocycles. The van der Waals surface area contributed by atoms with Crippen molar-refractivity contribution in [1.29, 1.82) is 5.26 Å². The molecule has 1 fully saturated rings. The monoisotopic (exact) mass is 331 g/mol. The van der Waals surface area contributed by atoms with Crippen LogP contribution in [0.25, 0.3) is 0 Å². The number of nitrogens with one attached hydrogen (secondary N) is 1. The standard InChI is InChI=1S/C17H21N3O2S/c1-12(23-2)10-19-17(22)15-6-7-16(21)20(15)11-14-5-3-4-13(8-14)9-18/h3-5,8,12,15H,6-7,10-11H2,1-2H3,(H,19,22)/t12-,15+/m1/s1. The summed E-state index contributed by atoms with van der Waals surface area (Å²) in [6, 6.07) is 8.83. The van der Waals surface area contributed by atoms with Gasteiger partial charge in [0.05, 0.1) is 11.6 Å². The number of carbonyl (C=O) groups is 2. The number of likely N-dealkylation sites (tertiary alicyclic amines) is 1. The van der Waals surface area contributed by atoms with E-state index in [9.17, 15) is 9.59 Å². The van der Waals surface area contributed by atoms with Crippen LogP contribution in [-0.2, 0) is 16.1 Å². The quantitative estimate of drug-likeness (QED) is 0.864. The highest BCUT2D eigenvalue weighted by Crippen LogP contribution is 2.22. The third-order valence-electron chi connectivity index (χ3n) is 4.01. The molecule has 23 heavy (non-hydrogen) atoms. The van der Waals surface area contributed by atoms with E-state index in [1.54, 1.807) is 34.9 Å². The maximum Gasteiger partial charge on any atom is 0.242 e. The van der Waals surface area contributed by atoms with Gasteiger partial charge in [-0.05, 0) is 30.4 Å². The van der Waals surface area contributed by atoms with Gasteiger partial charge in [-0.3, -0.25) is 9.59 Å². The molecular formula is C17H21N3O2S. The van der Waals surface area contributed by atoms with Crippen molar-refractivity contribution in [2.24, 2.45) is 0 Å². The fourth-order valence-corrected chi connectivity index (χ4v) is 2.84. The van der Waals surface area contributed by atoms with E-state index >= 15 is 0 Å². The van der Waals surface area contributed by atoms with Crippen LogP contribution >= 0.6 is 11.8 Å². The Morgan fingerprint density at radius 3 is 3.04 bits per heavy atom. The number of nitriles is 1. The summed E-state index contributed by atoms with van der Waals surface area (Å²) in [4.78, 5) is 26.1. The van der Waals surface area contributed by atoms with E-state index in [0.717, 1.165) is 5.56 Å². The predicted octanol–water partition coefficient (Wildman–Crippen LogP) is 1.92. The van der Waals surface area contributed by atoms with Crippen molar-refractivity contribution in [3.63, 3.8) is 0 Å². The largest absolute Gasteiger partial charge is 0.353 e. The minimum Gasteiger partial charge on any atom is -0.353 e. The number of amides is 2. The van der Waals surface area contributed by atoms with Gasteiger partial charge in [0.2, 0.25) is 11.8 Å². The second-order valence-electron chi connectivity index (χ2n) is 5.68. The fraction of sp³-hybridized carbons (Fsp3) is 0.471. The van der Waals surface area contributed by atoms with E-state index in [0.29, 0.717) is 36.7 Å². The molecule has 1 aromatic rings. The molecular weight excluding hydrogens is 310 g/mol. The Kier molecular flexibility index (Phi) is 6.05. The van der Waals surface area contributed by atoms with Gasteiger partial charge in [0.1, 0.15) is 6.04 Å². The zero-order valence-corrected chi connectivity index (χ0v) is 14.2. The lowest BCUT2D eigenvalue weighted by Gasteiger charge is -2.24. The molecule has 2 rings (SSSR count).